The van der Waals surface area contributed by atoms with Gasteiger partial charge in [-0.05, 0) is 11.6 Å². The highest BCUT2D eigenvalue weighted by Gasteiger charge is 2.23. The Balaban J connectivity index is 1.67. The molecule has 1 heterocycles. The molecule has 0 saturated heterocycles. The van der Waals surface area contributed by atoms with Crippen molar-refractivity contribution in [3.63, 3.8) is 0 Å². The molecule has 3 rings (SSSR count). The maximum Gasteiger partial charge on any atom is 0.408 e. The molecule has 0 bridgehead atoms. The molecule has 0 fully saturated rings. The zero-order valence-corrected chi connectivity index (χ0v) is 18.5. The monoisotopic (exact) mass is 482 g/mol. The Bertz CT molecular complexity index is 1200. The highest BCUT2D eigenvalue weighted by Crippen LogP contribution is 2.36. The number of rotatable bonds is 10. The second-order valence-corrected chi connectivity index (χ2v) is 7.12. The summed E-state index contributed by atoms with van der Waals surface area (Å²) in [5.74, 6) is -1.43. The molecule has 182 valence electrons. The van der Waals surface area contributed by atoms with Crippen molar-refractivity contribution >= 4 is 23.9 Å². The van der Waals surface area contributed by atoms with Gasteiger partial charge in [0.15, 0.2) is 5.75 Å². The number of benzene rings is 2. The zero-order valence-electron chi connectivity index (χ0n) is 18.5. The van der Waals surface area contributed by atoms with E-state index in [-0.39, 0.29) is 24.3 Å². The lowest BCUT2D eigenvalue weighted by atomic mass is 10.1. The summed E-state index contributed by atoms with van der Waals surface area (Å²) in [7, 11) is 1.24. The van der Waals surface area contributed by atoms with Gasteiger partial charge in [0.05, 0.1) is 24.6 Å². The van der Waals surface area contributed by atoms with E-state index in [2.05, 4.69) is 25.8 Å². The van der Waals surface area contributed by atoms with E-state index in [9.17, 15) is 24.8 Å². The largest absolute Gasteiger partial charge is 0.500 e. The number of imidazole rings is 1. The maximum atomic E-state index is 12.7. The molecule has 13 heteroatoms. The number of alkyl carbamates (subject to hydrolysis) is 1. The number of aromatic nitrogens is 2. The lowest BCUT2D eigenvalue weighted by Crippen LogP contribution is -2.47. The van der Waals surface area contributed by atoms with Crippen LogP contribution in [0.5, 0.6) is 11.5 Å². The van der Waals surface area contributed by atoms with E-state index >= 15 is 0 Å². The molecule has 0 unspecified atom stereocenters. The van der Waals surface area contributed by atoms with Gasteiger partial charge < -0.3 is 24.9 Å². The number of aromatic hydroxyl groups is 1. The summed E-state index contributed by atoms with van der Waals surface area (Å²) >= 11 is 0. The Kier molecular flexibility index (Phi) is 8.32. The van der Waals surface area contributed by atoms with Gasteiger partial charge in [-0.1, -0.05) is 30.3 Å². The van der Waals surface area contributed by atoms with Gasteiger partial charge in [-0.3, -0.25) is 14.9 Å². The number of methoxy groups -OCH3 is 1. The molecule has 0 aliphatic heterocycles. The minimum absolute atomic E-state index is 0.0185. The van der Waals surface area contributed by atoms with Crippen molar-refractivity contribution in [1.82, 2.24) is 20.7 Å². The van der Waals surface area contributed by atoms with Crippen LogP contribution in [0.4, 0.5) is 10.5 Å². The number of nitrogens with one attached hydrogen (secondary N) is 3. The van der Waals surface area contributed by atoms with Gasteiger partial charge >= 0.3 is 11.8 Å². The van der Waals surface area contributed by atoms with Gasteiger partial charge in [0.2, 0.25) is 5.75 Å². The van der Waals surface area contributed by atoms with E-state index in [1.54, 1.807) is 24.3 Å². The molecule has 4 N–H and O–H groups in total. The number of amides is 2. The van der Waals surface area contributed by atoms with E-state index in [0.717, 1.165) is 17.8 Å². The molecule has 0 saturated carbocycles. The molecule has 35 heavy (non-hydrogen) atoms. The molecule has 2 aromatic carbocycles. The number of carbonyl (C=O) groups is 2. The van der Waals surface area contributed by atoms with Crippen LogP contribution in [-0.4, -0.2) is 51.4 Å². The van der Waals surface area contributed by atoms with Crippen molar-refractivity contribution in [3.05, 3.63) is 81.9 Å². The molecular formula is C22H22N6O7. The predicted molar refractivity (Wildman–Crippen MR) is 123 cm³/mol. The van der Waals surface area contributed by atoms with Crippen LogP contribution < -0.4 is 15.5 Å². The summed E-state index contributed by atoms with van der Waals surface area (Å²) in [5.41, 5.74) is 3.24. The first-order valence-electron chi connectivity index (χ1n) is 10.2. The third kappa shape index (κ3) is 7.02. The molecule has 0 radical (unpaired) electrons. The first-order chi connectivity index (χ1) is 16.9. The Morgan fingerprint density at radius 3 is 2.74 bits per heavy atom. The number of phenols is 1. The first kappa shape index (κ1) is 24.7. The van der Waals surface area contributed by atoms with Crippen LogP contribution in [0.2, 0.25) is 0 Å². The van der Waals surface area contributed by atoms with Crippen LogP contribution >= 0.6 is 0 Å². The average Bonchev–Trinajstić information content (AvgIpc) is 3.36. The zero-order chi connectivity index (χ0) is 25.2. The average molecular weight is 482 g/mol. The van der Waals surface area contributed by atoms with Crippen molar-refractivity contribution in [2.24, 2.45) is 5.10 Å². The second kappa shape index (κ2) is 11.8. The molecule has 0 aliphatic rings. The molecule has 1 atom stereocenters. The summed E-state index contributed by atoms with van der Waals surface area (Å²) < 4.78 is 10.1. The Morgan fingerprint density at radius 1 is 1.31 bits per heavy atom. The van der Waals surface area contributed by atoms with Gasteiger partial charge in [-0.25, -0.2) is 15.2 Å². The number of carbonyl (C=O) groups excluding carboxylic acids is 2. The molecule has 2 amide bonds. The Hall–Kier alpha value is -4.94. The minimum Gasteiger partial charge on any atom is -0.500 e. The fourth-order valence-corrected chi connectivity index (χ4v) is 2.96. The number of hydrogen-bond donors (Lipinski definition) is 4. The van der Waals surface area contributed by atoms with Crippen LogP contribution in [0.25, 0.3) is 0 Å². The highest BCUT2D eigenvalue weighted by atomic mass is 16.6. The number of hydrogen-bond acceptors (Lipinski definition) is 9. The molecule has 13 nitrogen and oxygen atoms in total. The molecule has 3 aromatic rings. The molecule has 0 aliphatic carbocycles. The quantitative estimate of drug-likeness (QED) is 0.192. The van der Waals surface area contributed by atoms with Crippen LogP contribution in [0.15, 0.2) is 60.1 Å². The van der Waals surface area contributed by atoms with Gasteiger partial charge in [0.25, 0.3) is 5.91 Å². The fourth-order valence-electron chi connectivity index (χ4n) is 2.96. The van der Waals surface area contributed by atoms with E-state index in [4.69, 9.17) is 9.47 Å². The van der Waals surface area contributed by atoms with Crippen molar-refractivity contribution in [1.29, 1.82) is 0 Å². The number of ether oxygens (including phenoxy) is 2. The predicted octanol–water partition coefficient (Wildman–Crippen LogP) is 2.02. The smallest absolute Gasteiger partial charge is 0.408 e. The number of phenolic OH excluding ortho intramolecular Hbond substituents is 1. The minimum atomic E-state index is -1.07. The third-order valence-corrected chi connectivity index (χ3v) is 4.68. The van der Waals surface area contributed by atoms with Crippen LogP contribution in [0.3, 0.4) is 0 Å². The van der Waals surface area contributed by atoms with E-state index in [1.807, 2.05) is 6.07 Å². The van der Waals surface area contributed by atoms with Crippen LogP contribution in [0.1, 0.15) is 16.8 Å². The Labute approximate surface area is 198 Å². The second-order valence-electron chi connectivity index (χ2n) is 7.12. The Morgan fingerprint density at radius 2 is 2.09 bits per heavy atom. The summed E-state index contributed by atoms with van der Waals surface area (Å²) in [4.78, 5) is 42.1. The fraction of sp³-hybridized carbons (Fsp3) is 0.182. The van der Waals surface area contributed by atoms with Crippen molar-refractivity contribution in [2.75, 3.05) is 7.11 Å². The van der Waals surface area contributed by atoms with Gasteiger partial charge in [-0.2, -0.15) is 5.10 Å². The maximum absolute atomic E-state index is 12.7. The lowest BCUT2D eigenvalue weighted by molar-refractivity contribution is -0.386. The molecular weight excluding hydrogens is 460 g/mol. The number of nitro benzene ring substituents is 1. The third-order valence-electron chi connectivity index (χ3n) is 4.68. The number of nitrogens with zero attached hydrogens (tertiary/aromatic N) is 3. The number of nitro groups is 1. The molecule has 1 aromatic heterocycles. The highest BCUT2D eigenvalue weighted by molar-refractivity contribution is 5.88. The van der Waals surface area contributed by atoms with Gasteiger partial charge in [0, 0.05) is 29.9 Å². The summed E-state index contributed by atoms with van der Waals surface area (Å²) in [6.07, 6.45) is 3.33. The SMILES string of the molecule is COc1cc(/C=N\NC(=O)[C@H](Cc2cnc[nH]2)NC(=O)OCc2ccccc2)cc([N+](=O)[O-])c1O. The van der Waals surface area contributed by atoms with Crippen molar-refractivity contribution < 1.29 is 29.1 Å². The van der Waals surface area contributed by atoms with Crippen molar-refractivity contribution in [2.45, 2.75) is 19.1 Å². The number of hydrazone groups is 1. The van der Waals surface area contributed by atoms with Crippen molar-refractivity contribution in [3.8, 4) is 11.5 Å². The van der Waals surface area contributed by atoms with Gasteiger partial charge in [0.1, 0.15) is 12.6 Å². The van der Waals surface area contributed by atoms with Gasteiger partial charge in [-0.15, -0.1) is 0 Å². The van der Waals surface area contributed by atoms with E-state index < -0.39 is 34.4 Å². The summed E-state index contributed by atoms with van der Waals surface area (Å²) in [5, 5.41) is 27.3. The normalized spacial score (nSPS) is 11.6. The van der Waals surface area contributed by atoms with Crippen LogP contribution in [-0.2, 0) is 22.6 Å². The van der Waals surface area contributed by atoms with E-state index in [0.29, 0.717) is 5.69 Å². The van der Waals surface area contributed by atoms with Crippen LogP contribution in [0, 0.1) is 10.1 Å². The summed E-state index contributed by atoms with van der Waals surface area (Å²) in [6, 6.07) is 10.3. The molecule has 0 spiro atoms. The number of aromatic amines is 1. The first-order valence-corrected chi connectivity index (χ1v) is 10.2. The summed E-state index contributed by atoms with van der Waals surface area (Å²) in [6.45, 7) is 0.0185. The topological polar surface area (TPSA) is 181 Å². The standard InChI is InChI=1S/C22H22N6O7/c1-34-19-8-15(7-18(20(19)29)28(32)33)10-25-27-21(30)17(9-16-11-23-13-24-16)26-22(31)35-12-14-5-3-2-4-6-14/h2-8,10-11,13,17,29H,9,12H2,1H3,(H,23,24)(H,26,31)(H,27,30)/b25-10-/t17-/m0/s1. The lowest BCUT2D eigenvalue weighted by Gasteiger charge is -2.16. The van der Waals surface area contributed by atoms with E-state index in [1.165, 1.54) is 25.7 Å². The number of H-pyrrole nitrogens is 1.